The molecule has 0 bridgehead atoms. The number of nitrogens with zero attached hydrogens (tertiary/aromatic N) is 1. The molecule has 0 unspecified atom stereocenters. The first kappa shape index (κ1) is 19.0. The lowest BCUT2D eigenvalue weighted by atomic mass is 10.1. The van der Waals surface area contributed by atoms with E-state index in [-0.39, 0.29) is 16.2 Å². The maximum absolute atomic E-state index is 13.0. The Morgan fingerprint density at radius 1 is 0.903 bits per heavy atom. The van der Waals surface area contributed by atoms with Crippen molar-refractivity contribution in [2.45, 2.75) is 6.54 Å². The maximum Gasteiger partial charge on any atom is 0.266 e. The number of hydrogen-bond donors (Lipinski definition) is 3. The molecule has 3 N–H and O–H groups in total. The molecule has 0 spiro atoms. The predicted octanol–water partition coefficient (Wildman–Crippen LogP) is 4.46. The van der Waals surface area contributed by atoms with Crippen molar-refractivity contribution in [1.82, 2.24) is 19.9 Å². The third-order valence-electron chi connectivity index (χ3n) is 5.20. The average molecular weight is 427 g/mol. The van der Waals surface area contributed by atoms with E-state index in [0.717, 1.165) is 16.6 Å². The maximum atomic E-state index is 13.0. The Kier molecular flexibility index (Phi) is 4.72. The number of benzene rings is 3. The van der Waals surface area contributed by atoms with Gasteiger partial charge in [-0.1, -0.05) is 36.4 Å². The van der Waals surface area contributed by atoms with Crippen LogP contribution in [0.1, 0.15) is 16.1 Å². The van der Waals surface area contributed by atoms with Crippen LogP contribution in [-0.2, 0) is 6.54 Å². The van der Waals surface area contributed by atoms with Gasteiger partial charge in [0.15, 0.2) is 4.77 Å². The van der Waals surface area contributed by atoms with Crippen LogP contribution in [0.5, 0.6) is 0 Å². The van der Waals surface area contributed by atoms with Crippen molar-refractivity contribution in [2.75, 3.05) is 0 Å². The molecular formula is C24H18N4O2S. The standard InChI is InChI=1S/C24H18N4O2S/c29-22(25-14-17-12-15-6-4-5-9-20(15)26-17)16-10-11-19-21(13-16)27-24(31)28(23(19)30)18-7-2-1-3-8-18/h1-13,26H,14H2,(H,25,29)(H,27,31). The van der Waals surface area contributed by atoms with Crippen LogP contribution < -0.4 is 10.9 Å². The van der Waals surface area contributed by atoms with Crippen molar-refractivity contribution in [2.24, 2.45) is 0 Å². The molecule has 0 atom stereocenters. The van der Waals surface area contributed by atoms with Gasteiger partial charge in [0.25, 0.3) is 11.5 Å². The van der Waals surface area contributed by atoms with E-state index in [9.17, 15) is 9.59 Å². The zero-order valence-corrected chi connectivity index (χ0v) is 17.2. The highest BCUT2D eigenvalue weighted by Crippen LogP contribution is 2.16. The van der Waals surface area contributed by atoms with Crippen LogP contribution in [0, 0.1) is 4.77 Å². The first-order valence-corrected chi connectivity index (χ1v) is 10.2. The van der Waals surface area contributed by atoms with Crippen molar-refractivity contribution < 1.29 is 4.79 Å². The van der Waals surface area contributed by atoms with Gasteiger partial charge in [0, 0.05) is 16.8 Å². The number of aromatic nitrogens is 3. The van der Waals surface area contributed by atoms with Crippen molar-refractivity contribution in [3.8, 4) is 5.69 Å². The van der Waals surface area contributed by atoms with Gasteiger partial charge in [-0.2, -0.15) is 0 Å². The van der Waals surface area contributed by atoms with Crippen molar-refractivity contribution in [3.63, 3.8) is 0 Å². The Balaban J connectivity index is 1.43. The molecule has 0 saturated carbocycles. The molecule has 2 heterocycles. The molecule has 0 saturated heterocycles. The highest BCUT2D eigenvalue weighted by molar-refractivity contribution is 7.71. The van der Waals surface area contributed by atoms with Crippen molar-refractivity contribution in [1.29, 1.82) is 0 Å². The number of H-pyrrole nitrogens is 2. The Morgan fingerprint density at radius 3 is 2.48 bits per heavy atom. The van der Waals surface area contributed by atoms with Gasteiger partial charge in [-0.3, -0.25) is 14.2 Å². The third-order valence-corrected chi connectivity index (χ3v) is 5.48. The van der Waals surface area contributed by atoms with E-state index >= 15 is 0 Å². The zero-order chi connectivity index (χ0) is 21.4. The van der Waals surface area contributed by atoms with Crippen LogP contribution in [0.2, 0.25) is 0 Å². The van der Waals surface area contributed by atoms with Gasteiger partial charge in [-0.15, -0.1) is 0 Å². The summed E-state index contributed by atoms with van der Waals surface area (Å²) in [6, 6.07) is 24.1. The van der Waals surface area contributed by atoms with Crippen molar-refractivity contribution in [3.05, 3.63) is 105 Å². The third kappa shape index (κ3) is 3.55. The van der Waals surface area contributed by atoms with E-state index in [0.29, 0.717) is 28.7 Å². The van der Waals surface area contributed by atoms with Crippen molar-refractivity contribution >= 4 is 39.9 Å². The second kappa shape index (κ2) is 7.70. The first-order chi connectivity index (χ1) is 15.1. The van der Waals surface area contributed by atoms with E-state index in [1.165, 1.54) is 4.57 Å². The molecule has 0 radical (unpaired) electrons. The van der Waals surface area contributed by atoms with E-state index in [2.05, 4.69) is 15.3 Å². The Hall–Kier alpha value is -3.97. The van der Waals surface area contributed by atoms with E-state index in [1.807, 2.05) is 60.7 Å². The second-order valence-corrected chi connectivity index (χ2v) is 7.62. The molecule has 152 valence electrons. The Bertz CT molecular complexity index is 1510. The quantitative estimate of drug-likeness (QED) is 0.371. The number of hydrogen-bond acceptors (Lipinski definition) is 3. The number of nitrogens with one attached hydrogen (secondary N) is 3. The predicted molar refractivity (Wildman–Crippen MR) is 124 cm³/mol. The molecule has 6 nitrogen and oxygen atoms in total. The lowest BCUT2D eigenvalue weighted by Gasteiger charge is -2.09. The minimum atomic E-state index is -0.230. The molecule has 31 heavy (non-hydrogen) atoms. The largest absolute Gasteiger partial charge is 0.357 e. The van der Waals surface area contributed by atoms with E-state index < -0.39 is 0 Å². The monoisotopic (exact) mass is 426 g/mol. The number of carbonyl (C=O) groups excluding carboxylic acids is 1. The highest BCUT2D eigenvalue weighted by atomic mass is 32.1. The lowest BCUT2D eigenvalue weighted by molar-refractivity contribution is 0.0950. The number of aromatic amines is 2. The topological polar surface area (TPSA) is 82.7 Å². The van der Waals surface area contributed by atoms with Crippen LogP contribution >= 0.6 is 12.2 Å². The molecule has 5 aromatic rings. The summed E-state index contributed by atoms with van der Waals surface area (Å²) in [6.07, 6.45) is 0. The molecule has 5 rings (SSSR count). The molecule has 0 aliphatic rings. The molecule has 0 aliphatic heterocycles. The summed E-state index contributed by atoms with van der Waals surface area (Å²) in [6.45, 7) is 0.372. The second-order valence-electron chi connectivity index (χ2n) is 7.23. The van der Waals surface area contributed by atoms with Crippen LogP contribution in [0.3, 0.4) is 0 Å². The fraction of sp³-hybridized carbons (Fsp3) is 0.0417. The van der Waals surface area contributed by atoms with Gasteiger partial charge in [0.1, 0.15) is 0 Å². The van der Waals surface area contributed by atoms with E-state index in [1.54, 1.807) is 18.2 Å². The van der Waals surface area contributed by atoms with Gasteiger partial charge in [0.2, 0.25) is 0 Å². The smallest absolute Gasteiger partial charge is 0.266 e. The van der Waals surface area contributed by atoms with Gasteiger partial charge in [0.05, 0.1) is 23.1 Å². The summed E-state index contributed by atoms with van der Waals surface area (Å²) in [4.78, 5) is 32.1. The summed E-state index contributed by atoms with van der Waals surface area (Å²) in [5, 5.41) is 4.47. The van der Waals surface area contributed by atoms with Gasteiger partial charge in [-0.25, -0.2) is 0 Å². The Labute approximate surface area is 182 Å². The number of rotatable bonds is 4. The lowest BCUT2D eigenvalue weighted by Crippen LogP contribution is -2.24. The normalized spacial score (nSPS) is 11.1. The summed E-state index contributed by atoms with van der Waals surface area (Å²) in [5.74, 6) is -0.230. The molecule has 0 aliphatic carbocycles. The molecule has 2 aromatic heterocycles. The fourth-order valence-corrected chi connectivity index (χ4v) is 3.98. The molecule has 7 heteroatoms. The average Bonchev–Trinajstić information content (AvgIpc) is 3.21. The number of amides is 1. The van der Waals surface area contributed by atoms with Crippen LogP contribution in [0.25, 0.3) is 27.5 Å². The fourth-order valence-electron chi connectivity index (χ4n) is 3.68. The van der Waals surface area contributed by atoms with Crippen LogP contribution in [0.4, 0.5) is 0 Å². The highest BCUT2D eigenvalue weighted by Gasteiger charge is 2.12. The van der Waals surface area contributed by atoms with Gasteiger partial charge < -0.3 is 15.3 Å². The molecule has 3 aromatic carbocycles. The van der Waals surface area contributed by atoms with Gasteiger partial charge >= 0.3 is 0 Å². The van der Waals surface area contributed by atoms with E-state index in [4.69, 9.17) is 12.2 Å². The number of fused-ring (bicyclic) bond motifs is 2. The Morgan fingerprint density at radius 2 is 1.68 bits per heavy atom. The molecular weight excluding hydrogens is 408 g/mol. The van der Waals surface area contributed by atoms with Crippen LogP contribution in [-0.4, -0.2) is 20.4 Å². The van der Waals surface area contributed by atoms with Crippen LogP contribution in [0.15, 0.2) is 83.7 Å². The van der Waals surface area contributed by atoms with Gasteiger partial charge in [-0.05, 0) is 60.1 Å². The minimum absolute atomic E-state index is 0.227. The molecule has 0 fully saturated rings. The SMILES string of the molecule is O=C(NCc1cc2ccccc2[nH]1)c1ccc2c(=O)n(-c3ccccc3)c(=S)[nH]c2c1. The number of para-hydroxylation sites is 2. The summed E-state index contributed by atoms with van der Waals surface area (Å²) < 4.78 is 1.73. The molecule has 1 amide bonds. The summed E-state index contributed by atoms with van der Waals surface area (Å²) >= 11 is 5.41. The summed E-state index contributed by atoms with van der Waals surface area (Å²) in [5.41, 5.74) is 3.39. The summed E-state index contributed by atoms with van der Waals surface area (Å²) in [7, 11) is 0. The minimum Gasteiger partial charge on any atom is -0.357 e. The number of carbonyl (C=O) groups is 1. The first-order valence-electron chi connectivity index (χ1n) is 9.79. The zero-order valence-electron chi connectivity index (χ0n) is 16.4.